The first-order valence-electron chi connectivity index (χ1n) is 6.96. The SMILES string of the molecule is O=C(O)c1cc(N2C(=O)C(=Cc3ccc(F)cc3)SC2=S)ccc1O. The molecule has 0 unspecified atom stereocenters. The Morgan fingerprint density at radius 3 is 2.52 bits per heavy atom. The second-order valence-corrected chi connectivity index (χ2v) is 6.75. The lowest BCUT2D eigenvalue weighted by Crippen LogP contribution is -2.27. The molecule has 5 nitrogen and oxygen atoms in total. The quantitative estimate of drug-likeness (QED) is 0.630. The van der Waals surface area contributed by atoms with E-state index >= 15 is 0 Å². The molecule has 0 radical (unpaired) electrons. The van der Waals surface area contributed by atoms with Gasteiger partial charge in [-0.1, -0.05) is 36.1 Å². The third kappa shape index (κ3) is 3.40. The molecule has 1 heterocycles. The Kier molecular flexibility index (Phi) is 4.56. The van der Waals surface area contributed by atoms with E-state index in [0.717, 1.165) is 11.8 Å². The lowest BCUT2D eigenvalue weighted by Gasteiger charge is -2.15. The summed E-state index contributed by atoms with van der Waals surface area (Å²) in [7, 11) is 0. The number of carboxylic acid groups (broad SMARTS) is 1. The number of aromatic carboxylic acids is 1. The number of carbonyl (C=O) groups is 2. The summed E-state index contributed by atoms with van der Waals surface area (Å²) in [6.07, 6.45) is 1.58. The highest BCUT2D eigenvalue weighted by atomic mass is 32.2. The Labute approximate surface area is 151 Å². The van der Waals surface area contributed by atoms with Crippen molar-refractivity contribution in [1.82, 2.24) is 0 Å². The molecule has 1 fully saturated rings. The molecule has 2 N–H and O–H groups in total. The van der Waals surface area contributed by atoms with Gasteiger partial charge >= 0.3 is 5.97 Å². The molecule has 1 aliphatic rings. The normalized spacial score (nSPS) is 15.9. The van der Waals surface area contributed by atoms with Crippen LogP contribution in [-0.2, 0) is 4.79 Å². The molecule has 2 aromatic rings. The molecule has 8 heteroatoms. The third-order valence-corrected chi connectivity index (χ3v) is 4.73. The number of aromatic hydroxyl groups is 1. The van der Waals surface area contributed by atoms with E-state index in [1.807, 2.05) is 0 Å². The molecule has 0 bridgehead atoms. The molecule has 1 aliphatic heterocycles. The summed E-state index contributed by atoms with van der Waals surface area (Å²) in [6.45, 7) is 0. The van der Waals surface area contributed by atoms with E-state index in [1.54, 1.807) is 6.08 Å². The summed E-state index contributed by atoms with van der Waals surface area (Å²) in [5.41, 5.74) is 0.563. The fourth-order valence-electron chi connectivity index (χ4n) is 2.24. The van der Waals surface area contributed by atoms with Crippen molar-refractivity contribution >= 4 is 51.9 Å². The van der Waals surface area contributed by atoms with Crippen LogP contribution in [0, 0.1) is 5.82 Å². The van der Waals surface area contributed by atoms with Gasteiger partial charge in [0.1, 0.15) is 17.1 Å². The zero-order valence-corrected chi connectivity index (χ0v) is 14.1. The van der Waals surface area contributed by atoms with Crippen molar-refractivity contribution in [3.8, 4) is 5.75 Å². The molecule has 25 heavy (non-hydrogen) atoms. The summed E-state index contributed by atoms with van der Waals surface area (Å²) < 4.78 is 13.2. The number of nitrogens with zero attached hydrogens (tertiary/aromatic N) is 1. The highest BCUT2D eigenvalue weighted by Gasteiger charge is 2.33. The molecule has 2 aromatic carbocycles. The molecule has 126 valence electrons. The van der Waals surface area contributed by atoms with E-state index in [0.29, 0.717) is 10.5 Å². The number of phenols is 1. The average molecular weight is 375 g/mol. The van der Waals surface area contributed by atoms with E-state index in [2.05, 4.69) is 0 Å². The minimum atomic E-state index is -1.31. The molecule has 0 atom stereocenters. The standard InChI is InChI=1S/C17H10FNO4S2/c18-10-3-1-9(2-4-10)7-14-15(21)19(17(24)25-14)11-5-6-13(20)12(8-11)16(22)23/h1-8,20H,(H,22,23). The average Bonchev–Trinajstić information content (AvgIpc) is 2.84. The Bertz CT molecular complexity index is 925. The van der Waals surface area contributed by atoms with Crippen LogP contribution in [0.15, 0.2) is 47.4 Å². The molecule has 1 amide bonds. The number of hydrogen-bond donors (Lipinski definition) is 2. The van der Waals surface area contributed by atoms with Gasteiger partial charge in [0.15, 0.2) is 4.32 Å². The van der Waals surface area contributed by atoms with Crippen LogP contribution in [0.5, 0.6) is 5.75 Å². The highest BCUT2D eigenvalue weighted by Crippen LogP contribution is 2.37. The predicted octanol–water partition coefficient (Wildman–Crippen LogP) is 3.64. The minimum Gasteiger partial charge on any atom is -0.507 e. The minimum absolute atomic E-state index is 0.236. The summed E-state index contributed by atoms with van der Waals surface area (Å²) in [4.78, 5) is 25.3. The molecule has 3 rings (SSSR count). The number of rotatable bonds is 3. The van der Waals surface area contributed by atoms with Gasteiger partial charge in [-0.25, -0.2) is 9.18 Å². The van der Waals surface area contributed by atoms with Crippen LogP contribution in [0.4, 0.5) is 10.1 Å². The number of carbonyl (C=O) groups excluding carboxylic acids is 1. The van der Waals surface area contributed by atoms with E-state index in [1.165, 1.54) is 47.4 Å². The van der Waals surface area contributed by atoms with Crippen LogP contribution in [-0.4, -0.2) is 26.4 Å². The van der Waals surface area contributed by atoms with Gasteiger partial charge in [0.2, 0.25) is 0 Å². The molecule has 0 aliphatic carbocycles. The van der Waals surface area contributed by atoms with Crippen molar-refractivity contribution < 1.29 is 24.2 Å². The van der Waals surface area contributed by atoms with Crippen LogP contribution in [0.3, 0.4) is 0 Å². The maximum atomic E-state index is 13.0. The van der Waals surface area contributed by atoms with E-state index in [-0.39, 0.29) is 21.4 Å². The van der Waals surface area contributed by atoms with Gasteiger partial charge in [-0.15, -0.1) is 0 Å². The topological polar surface area (TPSA) is 77.8 Å². The van der Waals surface area contributed by atoms with Gasteiger partial charge in [0, 0.05) is 0 Å². The number of hydrogen-bond acceptors (Lipinski definition) is 5. The Balaban J connectivity index is 1.95. The Morgan fingerprint density at radius 2 is 1.88 bits per heavy atom. The second-order valence-electron chi connectivity index (χ2n) is 5.08. The van der Waals surface area contributed by atoms with E-state index in [9.17, 15) is 19.1 Å². The number of amides is 1. The zero-order valence-electron chi connectivity index (χ0n) is 12.5. The van der Waals surface area contributed by atoms with Crippen LogP contribution in [0.1, 0.15) is 15.9 Å². The maximum Gasteiger partial charge on any atom is 0.339 e. The first kappa shape index (κ1) is 17.1. The molecule has 0 aromatic heterocycles. The number of benzene rings is 2. The van der Waals surface area contributed by atoms with Crippen LogP contribution in [0.2, 0.25) is 0 Å². The molecule has 0 spiro atoms. The van der Waals surface area contributed by atoms with Crippen LogP contribution in [0.25, 0.3) is 6.08 Å². The van der Waals surface area contributed by atoms with Crippen molar-refractivity contribution in [3.63, 3.8) is 0 Å². The molecule has 0 saturated carbocycles. The molecular weight excluding hydrogens is 365 g/mol. The smallest absolute Gasteiger partial charge is 0.339 e. The largest absolute Gasteiger partial charge is 0.507 e. The fourth-order valence-corrected chi connectivity index (χ4v) is 3.53. The van der Waals surface area contributed by atoms with Crippen molar-refractivity contribution in [2.45, 2.75) is 0 Å². The first-order chi connectivity index (χ1) is 11.9. The number of thioether (sulfide) groups is 1. The van der Waals surface area contributed by atoms with Gasteiger partial charge in [-0.05, 0) is 42.0 Å². The van der Waals surface area contributed by atoms with Crippen molar-refractivity contribution in [3.05, 3.63) is 64.3 Å². The van der Waals surface area contributed by atoms with Gasteiger partial charge in [-0.2, -0.15) is 0 Å². The highest BCUT2D eigenvalue weighted by molar-refractivity contribution is 8.27. The maximum absolute atomic E-state index is 13.0. The van der Waals surface area contributed by atoms with Crippen LogP contribution >= 0.6 is 24.0 Å². The van der Waals surface area contributed by atoms with Gasteiger partial charge in [-0.3, -0.25) is 9.69 Å². The lowest BCUT2D eigenvalue weighted by molar-refractivity contribution is -0.113. The van der Waals surface area contributed by atoms with E-state index in [4.69, 9.17) is 17.3 Å². The Hall–Kier alpha value is -2.71. The van der Waals surface area contributed by atoms with Crippen LogP contribution < -0.4 is 4.90 Å². The second kappa shape index (κ2) is 6.66. The summed E-state index contributed by atoms with van der Waals surface area (Å²) >= 11 is 6.27. The summed E-state index contributed by atoms with van der Waals surface area (Å²) in [6, 6.07) is 9.42. The van der Waals surface area contributed by atoms with E-state index < -0.39 is 17.6 Å². The Morgan fingerprint density at radius 1 is 1.20 bits per heavy atom. The number of carboxylic acids is 1. The molecular formula is C17H10FNO4S2. The van der Waals surface area contributed by atoms with Crippen molar-refractivity contribution in [2.75, 3.05) is 4.90 Å². The van der Waals surface area contributed by atoms with Gasteiger partial charge < -0.3 is 10.2 Å². The summed E-state index contributed by atoms with van der Waals surface area (Å²) in [5, 5.41) is 18.7. The number of anilines is 1. The third-order valence-electron chi connectivity index (χ3n) is 3.43. The monoisotopic (exact) mass is 375 g/mol. The van der Waals surface area contributed by atoms with Gasteiger partial charge in [0.05, 0.1) is 10.6 Å². The van der Waals surface area contributed by atoms with Gasteiger partial charge in [0.25, 0.3) is 5.91 Å². The summed E-state index contributed by atoms with van der Waals surface area (Å²) in [5.74, 6) is -2.51. The lowest BCUT2D eigenvalue weighted by atomic mass is 10.1. The zero-order chi connectivity index (χ0) is 18.1. The molecule has 1 saturated heterocycles. The number of halogens is 1. The van der Waals surface area contributed by atoms with Crippen molar-refractivity contribution in [1.29, 1.82) is 0 Å². The number of thiocarbonyl (C=S) groups is 1. The predicted molar refractivity (Wildman–Crippen MR) is 97.1 cm³/mol. The first-order valence-corrected chi connectivity index (χ1v) is 8.19. The fraction of sp³-hybridized carbons (Fsp3) is 0. The van der Waals surface area contributed by atoms with Crippen molar-refractivity contribution in [2.24, 2.45) is 0 Å².